The molecule has 0 heterocycles. The lowest BCUT2D eigenvalue weighted by molar-refractivity contribution is 0.269. The van der Waals surface area contributed by atoms with Crippen LogP contribution in [0.5, 0.6) is 23.0 Å². The van der Waals surface area contributed by atoms with Crippen molar-refractivity contribution >= 4 is 17.3 Å². The van der Waals surface area contributed by atoms with E-state index in [4.69, 9.17) is 25.8 Å². The average molecular weight is 478 g/mol. The van der Waals surface area contributed by atoms with E-state index in [9.17, 15) is 4.39 Å². The minimum atomic E-state index is -0.307. The van der Waals surface area contributed by atoms with Gasteiger partial charge in [0, 0.05) is 12.2 Å². The summed E-state index contributed by atoms with van der Waals surface area (Å²) >= 11 is 6.52. The first kappa shape index (κ1) is 23.5. The van der Waals surface area contributed by atoms with Crippen LogP contribution in [-0.2, 0) is 13.2 Å². The Balaban J connectivity index is 1.40. The molecule has 0 aromatic heterocycles. The molecule has 0 fully saturated rings. The molecule has 0 unspecified atom stereocenters. The van der Waals surface area contributed by atoms with Gasteiger partial charge in [0.1, 0.15) is 23.9 Å². The maximum atomic E-state index is 13.4. The van der Waals surface area contributed by atoms with Gasteiger partial charge in [-0.2, -0.15) is 0 Å². The lowest BCUT2D eigenvalue weighted by atomic mass is 10.2. The minimum Gasteiger partial charge on any atom is -0.490 e. The van der Waals surface area contributed by atoms with Gasteiger partial charge in [-0.15, -0.1) is 0 Å². The monoisotopic (exact) mass is 477 g/mol. The Hall–Kier alpha value is -3.70. The molecule has 6 heteroatoms. The van der Waals surface area contributed by atoms with E-state index < -0.39 is 0 Å². The number of rotatable bonds is 10. The topological polar surface area (TPSA) is 39.7 Å². The van der Waals surface area contributed by atoms with Gasteiger partial charge in [0.25, 0.3) is 0 Å². The number of hydrogen-bond acceptors (Lipinski definition) is 4. The first-order valence-corrected chi connectivity index (χ1v) is 11.4. The van der Waals surface area contributed by atoms with Crippen molar-refractivity contribution in [2.24, 2.45) is 0 Å². The quantitative estimate of drug-likeness (QED) is 0.252. The van der Waals surface area contributed by atoms with Crippen molar-refractivity contribution in [2.75, 3.05) is 11.9 Å². The van der Waals surface area contributed by atoms with Crippen molar-refractivity contribution in [3.05, 3.63) is 113 Å². The first-order valence-electron chi connectivity index (χ1n) is 11.0. The number of halogens is 2. The van der Waals surface area contributed by atoms with E-state index in [0.717, 1.165) is 22.7 Å². The predicted molar refractivity (Wildman–Crippen MR) is 134 cm³/mol. The molecule has 4 aromatic rings. The van der Waals surface area contributed by atoms with E-state index in [0.29, 0.717) is 35.2 Å². The summed E-state index contributed by atoms with van der Waals surface area (Å²) in [6.07, 6.45) is 0. The molecule has 4 aromatic carbocycles. The molecule has 0 radical (unpaired) electrons. The molecule has 0 aliphatic heterocycles. The van der Waals surface area contributed by atoms with E-state index >= 15 is 0 Å². The fourth-order valence-corrected chi connectivity index (χ4v) is 3.67. The molecule has 1 N–H and O–H groups in total. The molecular weight excluding hydrogens is 453 g/mol. The lowest BCUT2D eigenvalue weighted by Gasteiger charge is -2.16. The van der Waals surface area contributed by atoms with Crippen LogP contribution in [0.15, 0.2) is 91.0 Å². The van der Waals surface area contributed by atoms with Gasteiger partial charge in [0.05, 0.1) is 11.6 Å². The molecular formula is C28H25ClFNO3. The zero-order chi connectivity index (χ0) is 23.8. The van der Waals surface area contributed by atoms with Crippen molar-refractivity contribution in [2.45, 2.75) is 20.1 Å². The fraction of sp³-hybridized carbons (Fsp3) is 0.143. The largest absolute Gasteiger partial charge is 0.490 e. The van der Waals surface area contributed by atoms with Gasteiger partial charge < -0.3 is 19.5 Å². The second-order valence-corrected chi connectivity index (χ2v) is 7.96. The van der Waals surface area contributed by atoms with E-state index in [1.165, 1.54) is 12.1 Å². The Kier molecular flexibility index (Phi) is 7.89. The van der Waals surface area contributed by atoms with Crippen LogP contribution in [-0.4, -0.2) is 6.61 Å². The number of para-hydroxylation sites is 1. The lowest BCUT2D eigenvalue weighted by Crippen LogP contribution is -2.04. The zero-order valence-electron chi connectivity index (χ0n) is 18.8. The van der Waals surface area contributed by atoms with E-state index in [1.54, 1.807) is 12.1 Å². The highest BCUT2D eigenvalue weighted by Crippen LogP contribution is 2.37. The summed E-state index contributed by atoms with van der Waals surface area (Å²) in [7, 11) is 0. The van der Waals surface area contributed by atoms with Crippen LogP contribution >= 0.6 is 11.6 Å². The van der Waals surface area contributed by atoms with Gasteiger partial charge in [-0.05, 0) is 78.7 Å². The normalized spacial score (nSPS) is 10.6. The maximum absolute atomic E-state index is 13.4. The number of nitrogens with one attached hydrogen (secondary N) is 1. The minimum absolute atomic E-state index is 0.187. The fourth-order valence-electron chi connectivity index (χ4n) is 3.38. The molecule has 0 bridgehead atoms. The highest BCUT2D eigenvalue weighted by Gasteiger charge is 2.13. The smallest absolute Gasteiger partial charge is 0.180 e. The summed E-state index contributed by atoms with van der Waals surface area (Å²) < 4.78 is 30.9. The van der Waals surface area contributed by atoms with Crippen LogP contribution in [0.2, 0.25) is 5.02 Å². The van der Waals surface area contributed by atoms with Crippen LogP contribution in [0.4, 0.5) is 10.1 Å². The maximum Gasteiger partial charge on any atom is 0.180 e. The van der Waals surface area contributed by atoms with E-state index in [-0.39, 0.29) is 12.4 Å². The zero-order valence-corrected chi connectivity index (χ0v) is 19.5. The van der Waals surface area contributed by atoms with Crippen molar-refractivity contribution in [1.29, 1.82) is 0 Å². The van der Waals surface area contributed by atoms with Gasteiger partial charge in [0.2, 0.25) is 0 Å². The van der Waals surface area contributed by atoms with Crippen molar-refractivity contribution < 1.29 is 18.6 Å². The Morgan fingerprint density at radius 3 is 2.29 bits per heavy atom. The Morgan fingerprint density at radius 1 is 0.794 bits per heavy atom. The number of ether oxygens (including phenoxy) is 3. The third-order valence-corrected chi connectivity index (χ3v) is 5.25. The average Bonchev–Trinajstić information content (AvgIpc) is 2.84. The van der Waals surface area contributed by atoms with Crippen LogP contribution in [0.1, 0.15) is 18.1 Å². The second-order valence-electron chi connectivity index (χ2n) is 7.55. The molecule has 174 valence electrons. The SMILES string of the molecule is CCOc1cc(CNc2ccc(Oc3ccccc3)cc2)cc(Cl)c1OCc1cccc(F)c1. The molecule has 4 nitrogen and oxygen atoms in total. The highest BCUT2D eigenvalue weighted by molar-refractivity contribution is 6.32. The van der Waals surface area contributed by atoms with Crippen LogP contribution in [0.3, 0.4) is 0 Å². The van der Waals surface area contributed by atoms with E-state index in [1.807, 2.05) is 73.7 Å². The Morgan fingerprint density at radius 2 is 1.56 bits per heavy atom. The third kappa shape index (κ3) is 6.42. The molecule has 0 saturated heterocycles. The summed E-state index contributed by atoms with van der Waals surface area (Å²) in [5.41, 5.74) is 2.60. The number of benzene rings is 4. The van der Waals surface area contributed by atoms with Gasteiger partial charge in [0.15, 0.2) is 11.5 Å². The second kappa shape index (κ2) is 11.4. The van der Waals surface area contributed by atoms with E-state index in [2.05, 4.69) is 5.32 Å². The van der Waals surface area contributed by atoms with Gasteiger partial charge in [-0.3, -0.25) is 0 Å². The summed E-state index contributed by atoms with van der Waals surface area (Å²) in [5, 5.41) is 3.82. The first-order chi connectivity index (χ1) is 16.6. The summed E-state index contributed by atoms with van der Waals surface area (Å²) in [6, 6.07) is 27.4. The van der Waals surface area contributed by atoms with Gasteiger partial charge in [-0.1, -0.05) is 41.9 Å². The Labute approximate surface area is 203 Å². The van der Waals surface area contributed by atoms with Crippen LogP contribution < -0.4 is 19.5 Å². The van der Waals surface area contributed by atoms with Gasteiger partial charge in [-0.25, -0.2) is 4.39 Å². The van der Waals surface area contributed by atoms with Crippen molar-refractivity contribution in [3.8, 4) is 23.0 Å². The molecule has 0 aliphatic carbocycles. The molecule has 0 saturated carbocycles. The van der Waals surface area contributed by atoms with Crippen molar-refractivity contribution in [1.82, 2.24) is 0 Å². The highest BCUT2D eigenvalue weighted by atomic mass is 35.5. The summed E-state index contributed by atoms with van der Waals surface area (Å²) in [5.74, 6) is 2.24. The predicted octanol–water partition coefficient (Wildman–Crippen LogP) is 7.86. The molecule has 0 aliphatic rings. The third-order valence-electron chi connectivity index (χ3n) is 4.97. The Bertz CT molecular complexity index is 1220. The molecule has 0 spiro atoms. The summed E-state index contributed by atoms with van der Waals surface area (Å²) in [6.45, 7) is 3.09. The molecule has 0 atom stereocenters. The standard InChI is InChI=1S/C28H25ClFNO3/c1-2-32-27-17-21(16-26(29)28(27)33-19-20-7-6-8-22(30)15-20)18-31-23-11-13-25(14-12-23)34-24-9-4-3-5-10-24/h3-17,31H,2,18-19H2,1H3. The molecule has 34 heavy (non-hydrogen) atoms. The van der Waals surface area contributed by atoms with Crippen molar-refractivity contribution in [3.63, 3.8) is 0 Å². The molecule has 0 amide bonds. The molecule has 4 rings (SSSR count). The van der Waals surface area contributed by atoms with Crippen LogP contribution in [0, 0.1) is 5.82 Å². The number of hydrogen-bond donors (Lipinski definition) is 1. The van der Waals surface area contributed by atoms with Crippen LogP contribution in [0.25, 0.3) is 0 Å². The number of anilines is 1. The summed E-state index contributed by atoms with van der Waals surface area (Å²) in [4.78, 5) is 0. The van der Waals surface area contributed by atoms with Gasteiger partial charge >= 0.3 is 0 Å².